The quantitative estimate of drug-likeness (QED) is 0.871. The van der Waals surface area contributed by atoms with Gasteiger partial charge in [-0.3, -0.25) is 4.79 Å². The third-order valence-corrected chi connectivity index (χ3v) is 3.37. The first-order valence-corrected chi connectivity index (χ1v) is 6.60. The molecule has 0 radical (unpaired) electrons. The summed E-state index contributed by atoms with van der Waals surface area (Å²) in [4.78, 5) is 11.0. The maximum atomic E-state index is 13.7. The summed E-state index contributed by atoms with van der Waals surface area (Å²) in [6.07, 6.45) is 1.92. The van der Waals surface area contributed by atoms with Crippen molar-refractivity contribution in [1.82, 2.24) is 0 Å². The summed E-state index contributed by atoms with van der Waals surface area (Å²) in [5.41, 5.74) is -0.213. The molecule has 0 saturated heterocycles. The third-order valence-electron chi connectivity index (χ3n) is 3.37. The first kappa shape index (κ1) is 14.6. The third kappa shape index (κ3) is 3.21. The summed E-state index contributed by atoms with van der Waals surface area (Å²) in [5, 5.41) is 9.03. The summed E-state index contributed by atoms with van der Waals surface area (Å²) >= 11 is 0. The molecule has 20 heavy (non-hydrogen) atoms. The first-order chi connectivity index (χ1) is 9.33. The van der Waals surface area contributed by atoms with Crippen LogP contribution in [0, 0.1) is 5.82 Å². The van der Waals surface area contributed by atoms with E-state index in [1.165, 1.54) is 19.2 Å². The van der Waals surface area contributed by atoms with Crippen molar-refractivity contribution in [2.75, 3.05) is 7.11 Å². The average Bonchev–Trinajstić information content (AvgIpc) is 3.13. The number of carboxylic acids is 1. The summed E-state index contributed by atoms with van der Waals surface area (Å²) in [6.45, 7) is 3.52. The minimum absolute atomic E-state index is 0.110. The second kappa shape index (κ2) is 5.31. The highest BCUT2D eigenvalue weighted by atomic mass is 19.1. The number of hydrogen-bond acceptors (Lipinski definition) is 3. The summed E-state index contributed by atoms with van der Waals surface area (Å²) in [7, 11) is 1.45. The van der Waals surface area contributed by atoms with Crippen molar-refractivity contribution >= 4 is 5.97 Å². The van der Waals surface area contributed by atoms with Gasteiger partial charge in [0, 0.05) is 17.0 Å². The molecule has 1 aromatic rings. The van der Waals surface area contributed by atoms with Crippen molar-refractivity contribution in [2.45, 2.75) is 44.6 Å². The molecule has 0 spiro atoms. The fraction of sp³-hybridized carbons (Fsp3) is 0.533. The molecule has 1 fully saturated rings. The van der Waals surface area contributed by atoms with Crippen LogP contribution in [0.15, 0.2) is 12.1 Å². The van der Waals surface area contributed by atoms with Gasteiger partial charge in [-0.2, -0.15) is 0 Å². The molecule has 0 aromatic heterocycles. The van der Waals surface area contributed by atoms with Gasteiger partial charge in [-0.25, -0.2) is 4.39 Å². The lowest BCUT2D eigenvalue weighted by Gasteiger charge is -2.27. The van der Waals surface area contributed by atoms with Crippen LogP contribution in [0.1, 0.15) is 38.7 Å². The molecule has 0 amide bonds. The molecule has 0 unspecified atom stereocenters. The predicted octanol–water partition coefficient (Wildman–Crippen LogP) is 3.13. The molecule has 1 aliphatic carbocycles. The molecule has 110 valence electrons. The molecule has 1 aliphatic rings. The van der Waals surface area contributed by atoms with E-state index in [-0.39, 0.29) is 12.5 Å². The van der Waals surface area contributed by atoms with E-state index in [2.05, 4.69) is 0 Å². The number of ether oxygens (including phenoxy) is 2. The van der Waals surface area contributed by atoms with Crippen LogP contribution in [0.3, 0.4) is 0 Å². The van der Waals surface area contributed by atoms with E-state index in [9.17, 15) is 9.18 Å². The molecule has 1 N–H and O–H groups in total. The van der Waals surface area contributed by atoms with Crippen LogP contribution in [0.5, 0.6) is 11.5 Å². The maximum absolute atomic E-state index is 13.7. The first-order valence-electron chi connectivity index (χ1n) is 6.60. The SMILES string of the molecule is COc1cc(F)cc(C(C)(C)CC(=O)O)c1OC1CC1. The van der Waals surface area contributed by atoms with Gasteiger partial charge in [0.05, 0.1) is 19.6 Å². The number of rotatable bonds is 6. The van der Waals surface area contributed by atoms with Gasteiger partial charge in [-0.15, -0.1) is 0 Å². The van der Waals surface area contributed by atoms with Crippen molar-refractivity contribution in [3.63, 3.8) is 0 Å². The van der Waals surface area contributed by atoms with Crippen molar-refractivity contribution in [3.8, 4) is 11.5 Å². The van der Waals surface area contributed by atoms with Gasteiger partial charge in [0.1, 0.15) is 5.82 Å². The largest absolute Gasteiger partial charge is 0.493 e. The Morgan fingerprint density at radius 1 is 1.45 bits per heavy atom. The molecular formula is C15H19FO4. The summed E-state index contributed by atoms with van der Waals surface area (Å²) in [6, 6.07) is 2.60. The Hall–Kier alpha value is -1.78. The van der Waals surface area contributed by atoms with Crippen molar-refractivity contribution < 1.29 is 23.8 Å². The average molecular weight is 282 g/mol. The fourth-order valence-electron chi connectivity index (χ4n) is 2.17. The van der Waals surface area contributed by atoms with Gasteiger partial charge >= 0.3 is 5.97 Å². The molecule has 0 atom stereocenters. The van der Waals surface area contributed by atoms with E-state index in [0.717, 1.165) is 12.8 Å². The van der Waals surface area contributed by atoms with Crippen molar-refractivity contribution in [1.29, 1.82) is 0 Å². The normalized spacial score (nSPS) is 15.0. The lowest BCUT2D eigenvalue weighted by molar-refractivity contribution is -0.138. The van der Waals surface area contributed by atoms with Crippen molar-refractivity contribution in [2.24, 2.45) is 0 Å². The molecule has 4 nitrogen and oxygen atoms in total. The summed E-state index contributed by atoms with van der Waals surface area (Å²) in [5.74, 6) is -0.623. The maximum Gasteiger partial charge on any atom is 0.304 e. The van der Waals surface area contributed by atoms with Crippen LogP contribution in [0.4, 0.5) is 4.39 Å². The second-order valence-corrected chi connectivity index (χ2v) is 5.76. The van der Waals surface area contributed by atoms with Crippen LogP contribution in [0.2, 0.25) is 0 Å². The zero-order valence-electron chi connectivity index (χ0n) is 11.9. The van der Waals surface area contributed by atoms with E-state index in [1.807, 2.05) is 0 Å². The van der Waals surface area contributed by atoms with Gasteiger partial charge in [0.15, 0.2) is 11.5 Å². The summed E-state index contributed by atoms with van der Waals surface area (Å²) < 4.78 is 24.7. The monoisotopic (exact) mass is 282 g/mol. The van der Waals surface area contributed by atoms with E-state index >= 15 is 0 Å². The minimum atomic E-state index is -0.935. The Bertz CT molecular complexity index is 521. The Morgan fingerprint density at radius 2 is 2.10 bits per heavy atom. The number of carboxylic acid groups (broad SMARTS) is 1. The number of methoxy groups -OCH3 is 1. The zero-order chi connectivity index (χ0) is 14.9. The van der Waals surface area contributed by atoms with Crippen LogP contribution in [-0.2, 0) is 10.2 Å². The topological polar surface area (TPSA) is 55.8 Å². The minimum Gasteiger partial charge on any atom is -0.493 e. The zero-order valence-corrected chi connectivity index (χ0v) is 11.9. The van der Waals surface area contributed by atoms with E-state index in [1.54, 1.807) is 13.8 Å². The van der Waals surface area contributed by atoms with Crippen LogP contribution < -0.4 is 9.47 Å². The molecule has 1 aromatic carbocycles. The van der Waals surface area contributed by atoms with Gasteiger partial charge < -0.3 is 14.6 Å². The number of benzene rings is 1. The van der Waals surface area contributed by atoms with Gasteiger partial charge in [-0.05, 0) is 18.9 Å². The molecular weight excluding hydrogens is 263 g/mol. The highest BCUT2D eigenvalue weighted by molar-refractivity contribution is 5.69. The molecule has 5 heteroatoms. The Balaban J connectivity index is 2.47. The van der Waals surface area contributed by atoms with Gasteiger partial charge in [-0.1, -0.05) is 13.8 Å². The molecule has 1 saturated carbocycles. The van der Waals surface area contributed by atoms with E-state index in [4.69, 9.17) is 14.6 Å². The van der Waals surface area contributed by atoms with E-state index in [0.29, 0.717) is 17.1 Å². The lowest BCUT2D eigenvalue weighted by Crippen LogP contribution is -2.23. The Labute approximate surface area is 117 Å². The van der Waals surface area contributed by atoms with Crippen LogP contribution in [0.25, 0.3) is 0 Å². The van der Waals surface area contributed by atoms with E-state index < -0.39 is 17.2 Å². The number of aliphatic carboxylic acids is 1. The second-order valence-electron chi connectivity index (χ2n) is 5.76. The standard InChI is InChI=1S/C15H19FO4/c1-15(2,8-13(17)18)11-6-9(16)7-12(19-3)14(11)20-10-4-5-10/h6-7,10H,4-5,8H2,1-3H3,(H,17,18). The predicted molar refractivity (Wildman–Crippen MR) is 71.9 cm³/mol. The van der Waals surface area contributed by atoms with Crippen LogP contribution >= 0.6 is 0 Å². The molecule has 0 heterocycles. The molecule has 2 rings (SSSR count). The smallest absolute Gasteiger partial charge is 0.304 e. The van der Waals surface area contributed by atoms with Gasteiger partial charge in [0.25, 0.3) is 0 Å². The van der Waals surface area contributed by atoms with Gasteiger partial charge in [0.2, 0.25) is 0 Å². The molecule has 0 bridgehead atoms. The molecule has 0 aliphatic heterocycles. The van der Waals surface area contributed by atoms with Crippen LogP contribution in [-0.4, -0.2) is 24.3 Å². The lowest BCUT2D eigenvalue weighted by atomic mass is 9.80. The Kier molecular flexibility index (Phi) is 3.88. The number of carbonyl (C=O) groups is 1. The number of hydrogen-bond donors (Lipinski definition) is 1. The fourth-order valence-corrected chi connectivity index (χ4v) is 2.17. The highest BCUT2D eigenvalue weighted by Crippen LogP contribution is 2.43. The highest BCUT2D eigenvalue weighted by Gasteiger charge is 2.33. The number of halogens is 1. The van der Waals surface area contributed by atoms with Crippen molar-refractivity contribution in [3.05, 3.63) is 23.5 Å². The Morgan fingerprint density at radius 3 is 2.60 bits per heavy atom.